The Hall–Kier alpha value is -1.11. The van der Waals surface area contributed by atoms with Crippen LogP contribution in [0.15, 0.2) is 5.16 Å². The first kappa shape index (κ1) is 11.4. The third kappa shape index (κ3) is 2.72. The quantitative estimate of drug-likeness (QED) is 0.568. The first-order valence-corrected chi connectivity index (χ1v) is 6.10. The molecule has 1 heterocycles. The minimum Gasteiger partial charge on any atom is -0.469 e. The first-order chi connectivity index (χ1) is 7.70. The van der Waals surface area contributed by atoms with Gasteiger partial charge in [-0.2, -0.15) is 0 Å². The zero-order chi connectivity index (χ0) is 11.5. The van der Waals surface area contributed by atoms with Crippen molar-refractivity contribution in [1.29, 1.82) is 0 Å². The lowest BCUT2D eigenvalue weighted by atomic mass is 10.3. The van der Waals surface area contributed by atoms with Crippen molar-refractivity contribution >= 4 is 17.7 Å². The number of thioether (sulfide) groups is 1. The summed E-state index contributed by atoms with van der Waals surface area (Å²) in [5, 5.41) is 12.5. The van der Waals surface area contributed by atoms with E-state index in [9.17, 15) is 4.79 Å². The molecule has 1 aromatic rings. The van der Waals surface area contributed by atoms with E-state index in [4.69, 9.17) is 0 Å². The minimum atomic E-state index is -0.203. The highest BCUT2D eigenvalue weighted by Gasteiger charge is 2.28. The van der Waals surface area contributed by atoms with E-state index in [1.54, 1.807) is 0 Å². The van der Waals surface area contributed by atoms with Crippen molar-refractivity contribution in [1.82, 2.24) is 20.2 Å². The average molecular weight is 242 g/mol. The summed E-state index contributed by atoms with van der Waals surface area (Å²) in [4.78, 5) is 11.1. The molecule has 2 rings (SSSR count). The number of methoxy groups -OCH3 is 1. The molecule has 0 bridgehead atoms. The Morgan fingerprint density at radius 3 is 3.06 bits per heavy atom. The topological polar surface area (TPSA) is 69.9 Å². The Morgan fingerprint density at radius 1 is 1.69 bits per heavy atom. The highest BCUT2D eigenvalue weighted by Crippen LogP contribution is 2.37. The first-order valence-electron chi connectivity index (χ1n) is 5.22. The largest absolute Gasteiger partial charge is 0.469 e. The summed E-state index contributed by atoms with van der Waals surface area (Å²) in [6.07, 6.45) is 2.66. The standard InChI is InChI=1S/C9H14N4O2S/c1-6(5-8(14)15-2)16-9-10-11-12-13(9)7-3-4-7/h6-7H,3-5H2,1-2H3. The van der Waals surface area contributed by atoms with E-state index >= 15 is 0 Å². The maximum Gasteiger partial charge on any atom is 0.306 e. The normalized spacial score (nSPS) is 17.1. The van der Waals surface area contributed by atoms with Crippen LogP contribution in [0.3, 0.4) is 0 Å². The van der Waals surface area contributed by atoms with Crippen LogP contribution >= 0.6 is 11.8 Å². The van der Waals surface area contributed by atoms with Gasteiger partial charge >= 0.3 is 5.97 Å². The number of aromatic nitrogens is 4. The van der Waals surface area contributed by atoms with Gasteiger partial charge in [0.2, 0.25) is 5.16 Å². The maximum absolute atomic E-state index is 11.1. The number of esters is 1. The van der Waals surface area contributed by atoms with E-state index in [1.165, 1.54) is 18.9 Å². The van der Waals surface area contributed by atoms with Gasteiger partial charge in [0.1, 0.15) is 0 Å². The second kappa shape index (κ2) is 4.82. The Labute approximate surface area is 97.7 Å². The lowest BCUT2D eigenvalue weighted by molar-refractivity contribution is -0.140. The molecule has 0 N–H and O–H groups in total. The van der Waals surface area contributed by atoms with Crippen LogP contribution in [0.25, 0.3) is 0 Å². The molecule has 1 atom stereocenters. The molecule has 1 fully saturated rings. The van der Waals surface area contributed by atoms with Crippen LogP contribution in [0.1, 0.15) is 32.2 Å². The summed E-state index contributed by atoms with van der Waals surface area (Å²) in [7, 11) is 1.40. The number of nitrogens with zero attached hydrogens (tertiary/aromatic N) is 4. The van der Waals surface area contributed by atoms with Crippen LogP contribution in [0, 0.1) is 0 Å². The van der Waals surface area contributed by atoms with Gasteiger partial charge in [-0.25, -0.2) is 4.68 Å². The Kier molecular flexibility index (Phi) is 3.42. The van der Waals surface area contributed by atoms with Crippen molar-refractivity contribution in [2.45, 2.75) is 42.6 Å². The Morgan fingerprint density at radius 2 is 2.44 bits per heavy atom. The zero-order valence-corrected chi connectivity index (χ0v) is 10.1. The van der Waals surface area contributed by atoms with Crippen LogP contribution in [-0.2, 0) is 9.53 Å². The van der Waals surface area contributed by atoms with Crippen molar-refractivity contribution in [2.75, 3.05) is 7.11 Å². The van der Waals surface area contributed by atoms with Crippen molar-refractivity contribution in [2.24, 2.45) is 0 Å². The van der Waals surface area contributed by atoms with Gasteiger partial charge in [0.25, 0.3) is 0 Å². The second-order valence-electron chi connectivity index (χ2n) is 3.85. The molecule has 88 valence electrons. The SMILES string of the molecule is COC(=O)CC(C)Sc1nnnn1C1CC1. The predicted octanol–water partition coefficient (Wildman–Crippen LogP) is 1.05. The van der Waals surface area contributed by atoms with Gasteiger partial charge < -0.3 is 4.74 Å². The van der Waals surface area contributed by atoms with E-state index in [2.05, 4.69) is 20.3 Å². The monoisotopic (exact) mass is 242 g/mol. The van der Waals surface area contributed by atoms with Gasteiger partial charge in [-0.3, -0.25) is 4.79 Å². The molecule has 0 saturated heterocycles. The highest BCUT2D eigenvalue weighted by molar-refractivity contribution is 7.99. The second-order valence-corrected chi connectivity index (χ2v) is 5.25. The van der Waals surface area contributed by atoms with Gasteiger partial charge in [0.05, 0.1) is 19.6 Å². The lowest BCUT2D eigenvalue weighted by Crippen LogP contribution is -2.10. The fourth-order valence-electron chi connectivity index (χ4n) is 1.35. The summed E-state index contributed by atoms with van der Waals surface area (Å²) < 4.78 is 6.47. The summed E-state index contributed by atoms with van der Waals surface area (Å²) >= 11 is 1.51. The van der Waals surface area contributed by atoms with Gasteiger partial charge in [-0.05, 0) is 23.3 Å². The summed E-state index contributed by atoms with van der Waals surface area (Å²) in [6.45, 7) is 1.97. The van der Waals surface area contributed by atoms with Crippen molar-refractivity contribution in [3.8, 4) is 0 Å². The highest BCUT2D eigenvalue weighted by atomic mass is 32.2. The third-order valence-corrected chi connectivity index (χ3v) is 3.39. The van der Waals surface area contributed by atoms with Crippen LogP contribution < -0.4 is 0 Å². The molecule has 1 aromatic heterocycles. The van der Waals surface area contributed by atoms with E-state index in [-0.39, 0.29) is 11.2 Å². The minimum absolute atomic E-state index is 0.121. The maximum atomic E-state index is 11.1. The fourth-order valence-corrected chi connectivity index (χ4v) is 2.31. The predicted molar refractivity (Wildman–Crippen MR) is 58.0 cm³/mol. The Balaban J connectivity index is 1.92. The summed E-state index contributed by atoms with van der Waals surface area (Å²) in [6, 6.07) is 0.461. The van der Waals surface area contributed by atoms with Gasteiger partial charge in [0.15, 0.2) is 0 Å². The summed E-state index contributed by atoms with van der Waals surface area (Å²) in [5.41, 5.74) is 0. The molecule has 1 unspecified atom stereocenters. The molecule has 0 spiro atoms. The van der Waals surface area contributed by atoms with Crippen molar-refractivity contribution in [3.63, 3.8) is 0 Å². The molecule has 1 saturated carbocycles. The van der Waals surface area contributed by atoms with E-state index < -0.39 is 0 Å². The van der Waals surface area contributed by atoms with E-state index in [0.717, 1.165) is 18.0 Å². The van der Waals surface area contributed by atoms with Crippen LogP contribution in [0.2, 0.25) is 0 Å². The number of rotatable bonds is 5. The number of hydrogen-bond acceptors (Lipinski definition) is 6. The molecule has 1 aliphatic carbocycles. The molecule has 1 aliphatic rings. The number of carbonyl (C=O) groups is 1. The van der Waals surface area contributed by atoms with Crippen molar-refractivity contribution in [3.05, 3.63) is 0 Å². The molecule has 6 nitrogen and oxygen atoms in total. The Bertz CT molecular complexity index is 377. The molecule has 7 heteroatoms. The molecule has 0 amide bonds. The molecule has 0 aliphatic heterocycles. The van der Waals surface area contributed by atoms with E-state index in [0.29, 0.717) is 12.5 Å². The van der Waals surface area contributed by atoms with Gasteiger partial charge in [-0.15, -0.1) is 5.10 Å². The van der Waals surface area contributed by atoms with Crippen LogP contribution in [0.4, 0.5) is 0 Å². The average Bonchev–Trinajstić information content (AvgIpc) is 3.00. The molecule has 0 radical (unpaired) electrons. The smallest absolute Gasteiger partial charge is 0.306 e. The molecular formula is C9H14N4O2S. The molecule has 0 aromatic carbocycles. The number of carbonyl (C=O) groups excluding carboxylic acids is 1. The number of ether oxygens (including phenoxy) is 1. The molecular weight excluding hydrogens is 228 g/mol. The van der Waals surface area contributed by atoms with Gasteiger partial charge in [-0.1, -0.05) is 18.7 Å². The zero-order valence-electron chi connectivity index (χ0n) is 9.29. The van der Waals surface area contributed by atoms with Crippen molar-refractivity contribution < 1.29 is 9.53 Å². The van der Waals surface area contributed by atoms with Crippen LogP contribution in [0.5, 0.6) is 0 Å². The number of tetrazole rings is 1. The van der Waals surface area contributed by atoms with E-state index in [1.807, 2.05) is 11.6 Å². The van der Waals surface area contributed by atoms with Gasteiger partial charge in [0, 0.05) is 5.25 Å². The summed E-state index contributed by atoms with van der Waals surface area (Å²) in [5.74, 6) is -0.203. The third-order valence-electron chi connectivity index (χ3n) is 2.34. The van der Waals surface area contributed by atoms with Crippen LogP contribution in [-0.4, -0.2) is 38.5 Å². The fraction of sp³-hybridized carbons (Fsp3) is 0.778. The number of hydrogen-bond donors (Lipinski definition) is 0. The molecule has 16 heavy (non-hydrogen) atoms. The lowest BCUT2D eigenvalue weighted by Gasteiger charge is -2.08.